The predicted molar refractivity (Wildman–Crippen MR) is 131 cm³/mol. The molecule has 2 aliphatic heterocycles. The Morgan fingerprint density at radius 3 is 2.67 bits per heavy atom. The van der Waals surface area contributed by atoms with E-state index >= 15 is 0 Å². The minimum atomic E-state index is 0.0674. The molecule has 1 aromatic heterocycles. The van der Waals surface area contributed by atoms with E-state index in [1.165, 1.54) is 0 Å². The number of methoxy groups -OCH3 is 1. The topological polar surface area (TPSA) is 67.8 Å². The van der Waals surface area contributed by atoms with Crippen molar-refractivity contribution in [3.05, 3.63) is 41.0 Å². The molecular weight excluding hydrogens is 440 g/mol. The fourth-order valence-electron chi connectivity index (χ4n) is 4.74. The van der Waals surface area contributed by atoms with Crippen molar-refractivity contribution in [3.8, 4) is 5.75 Å². The van der Waals surface area contributed by atoms with E-state index < -0.39 is 0 Å². The van der Waals surface area contributed by atoms with E-state index in [9.17, 15) is 4.79 Å². The number of aromatic nitrogens is 2. The Morgan fingerprint density at radius 1 is 1.18 bits per heavy atom. The highest BCUT2D eigenvalue weighted by Crippen LogP contribution is 2.31. The molecule has 3 heterocycles. The largest absolute Gasteiger partial charge is 0.489 e. The molecule has 2 aromatic rings. The Balaban J connectivity index is 1.36. The van der Waals surface area contributed by atoms with Crippen LogP contribution in [0.2, 0.25) is 5.02 Å². The zero-order valence-electron chi connectivity index (χ0n) is 19.7. The monoisotopic (exact) mass is 472 g/mol. The summed E-state index contributed by atoms with van der Waals surface area (Å²) in [7, 11) is 1.74. The van der Waals surface area contributed by atoms with Gasteiger partial charge >= 0.3 is 0 Å². The summed E-state index contributed by atoms with van der Waals surface area (Å²) in [5.41, 5.74) is 1.15. The summed E-state index contributed by atoms with van der Waals surface area (Å²) in [5, 5.41) is 0.566. The lowest BCUT2D eigenvalue weighted by Gasteiger charge is -2.22. The molecule has 4 rings (SSSR count). The Morgan fingerprint density at radius 2 is 1.94 bits per heavy atom. The Kier molecular flexibility index (Phi) is 7.71. The lowest BCUT2D eigenvalue weighted by Crippen LogP contribution is -2.27. The van der Waals surface area contributed by atoms with Crippen LogP contribution in [0.4, 0.5) is 11.8 Å². The van der Waals surface area contributed by atoms with Gasteiger partial charge in [0.2, 0.25) is 5.95 Å². The van der Waals surface area contributed by atoms with Gasteiger partial charge in [-0.2, -0.15) is 4.98 Å². The van der Waals surface area contributed by atoms with E-state index in [1.807, 2.05) is 12.1 Å². The first-order valence-electron chi connectivity index (χ1n) is 11.7. The lowest BCUT2D eigenvalue weighted by atomic mass is 9.96. The molecule has 0 aliphatic carbocycles. The zero-order valence-corrected chi connectivity index (χ0v) is 20.4. The third-order valence-electron chi connectivity index (χ3n) is 6.47. The van der Waals surface area contributed by atoms with Gasteiger partial charge in [-0.1, -0.05) is 30.7 Å². The molecule has 178 valence electrons. The summed E-state index contributed by atoms with van der Waals surface area (Å²) >= 11 is 6.48. The van der Waals surface area contributed by atoms with Crippen molar-refractivity contribution in [2.75, 3.05) is 49.7 Å². The van der Waals surface area contributed by atoms with Crippen LogP contribution in [0.15, 0.2) is 30.5 Å². The molecule has 3 atom stereocenters. The van der Waals surface area contributed by atoms with Gasteiger partial charge in [-0.25, -0.2) is 4.98 Å². The van der Waals surface area contributed by atoms with Gasteiger partial charge in [0.1, 0.15) is 22.7 Å². The Labute approximate surface area is 201 Å². The first kappa shape index (κ1) is 23.8. The molecule has 0 N–H and O–H groups in total. The maximum atomic E-state index is 11.4. The highest BCUT2D eigenvalue weighted by Gasteiger charge is 2.29. The average Bonchev–Trinajstić information content (AvgIpc) is 3.44. The van der Waals surface area contributed by atoms with Crippen LogP contribution < -0.4 is 14.5 Å². The summed E-state index contributed by atoms with van der Waals surface area (Å²) in [6.07, 6.45) is 4.32. The molecule has 0 amide bonds. The second-order valence-corrected chi connectivity index (χ2v) is 9.66. The van der Waals surface area contributed by atoms with Gasteiger partial charge in [0.05, 0.1) is 19.3 Å². The van der Waals surface area contributed by atoms with Crippen molar-refractivity contribution in [3.63, 3.8) is 0 Å². The van der Waals surface area contributed by atoms with Crippen LogP contribution in [-0.4, -0.2) is 61.8 Å². The molecule has 2 aliphatic rings. The molecule has 0 spiro atoms. The molecular formula is C25H33ClN4O3. The minimum Gasteiger partial charge on any atom is -0.489 e. The van der Waals surface area contributed by atoms with Gasteiger partial charge in [0.25, 0.3) is 0 Å². The Hall–Kier alpha value is -2.38. The number of ether oxygens (including phenoxy) is 2. The smallest absolute Gasteiger partial charge is 0.227 e. The number of hydrogen-bond donors (Lipinski definition) is 0. The van der Waals surface area contributed by atoms with E-state index in [1.54, 1.807) is 20.2 Å². The fraction of sp³-hybridized carbons (Fsp3) is 0.560. The number of rotatable bonds is 9. The van der Waals surface area contributed by atoms with Crippen molar-refractivity contribution < 1.29 is 14.3 Å². The lowest BCUT2D eigenvalue weighted by molar-refractivity contribution is -0.117. The highest BCUT2D eigenvalue weighted by atomic mass is 35.5. The van der Waals surface area contributed by atoms with Crippen LogP contribution in [0, 0.1) is 5.92 Å². The standard InChI is InChI=1S/C25H33ClN4O3/c1-17(12-18(2)31)20-4-6-21(7-5-20)33-22-9-11-29(15-22)24-23(26)13-27-25(28-24)30-10-8-19(14-30)16-32-3/h4-7,13,17,19,22H,8-12,14-16H2,1-3H3/t17-,19-,22-/m1/s1. The molecule has 8 heteroatoms. The third kappa shape index (κ3) is 5.95. The normalized spacial score (nSPS) is 21.5. The number of anilines is 2. The van der Waals surface area contributed by atoms with Gasteiger partial charge < -0.3 is 24.1 Å². The van der Waals surface area contributed by atoms with Crippen LogP contribution in [0.1, 0.15) is 44.6 Å². The van der Waals surface area contributed by atoms with Crippen molar-refractivity contribution in [1.82, 2.24) is 9.97 Å². The van der Waals surface area contributed by atoms with E-state index in [4.69, 9.17) is 26.1 Å². The maximum absolute atomic E-state index is 11.4. The van der Waals surface area contributed by atoms with Crippen LogP contribution in [0.3, 0.4) is 0 Å². The van der Waals surface area contributed by atoms with Crippen molar-refractivity contribution >= 4 is 29.2 Å². The SMILES string of the molecule is COC[C@@H]1CCN(c2ncc(Cl)c(N3CC[C@@H](Oc4ccc([C@H](C)CC(C)=O)cc4)C3)n2)C1. The quantitative estimate of drug-likeness (QED) is 0.537. The van der Waals surface area contributed by atoms with E-state index in [2.05, 4.69) is 33.8 Å². The minimum absolute atomic E-state index is 0.0674. The summed E-state index contributed by atoms with van der Waals surface area (Å²) in [6.45, 7) is 7.87. The van der Waals surface area contributed by atoms with Gasteiger partial charge in [-0.05, 0) is 37.0 Å². The summed E-state index contributed by atoms with van der Waals surface area (Å²) in [5.74, 6) is 3.28. The Bertz CT molecular complexity index is 955. The molecule has 0 radical (unpaired) electrons. The van der Waals surface area contributed by atoms with Crippen LogP contribution in [0.5, 0.6) is 5.75 Å². The third-order valence-corrected chi connectivity index (χ3v) is 6.74. The second kappa shape index (κ2) is 10.7. The summed E-state index contributed by atoms with van der Waals surface area (Å²) in [6, 6.07) is 8.09. The van der Waals surface area contributed by atoms with Crippen molar-refractivity contribution in [2.24, 2.45) is 5.92 Å². The van der Waals surface area contributed by atoms with Gasteiger partial charge in [0.15, 0.2) is 5.82 Å². The number of benzene rings is 1. The van der Waals surface area contributed by atoms with Gasteiger partial charge in [-0.3, -0.25) is 0 Å². The predicted octanol–water partition coefficient (Wildman–Crippen LogP) is 4.34. The van der Waals surface area contributed by atoms with Gasteiger partial charge in [-0.15, -0.1) is 0 Å². The number of halogens is 1. The number of hydrogen-bond acceptors (Lipinski definition) is 7. The number of Topliss-reactive ketones (excluding diaryl/α,β-unsaturated/α-hetero) is 1. The number of carbonyl (C=O) groups excluding carboxylic acids is 1. The summed E-state index contributed by atoms with van der Waals surface area (Å²) < 4.78 is 11.5. The van der Waals surface area contributed by atoms with E-state index in [0.29, 0.717) is 17.4 Å². The number of ketones is 1. The van der Waals surface area contributed by atoms with Gasteiger partial charge in [0, 0.05) is 45.5 Å². The van der Waals surface area contributed by atoms with Crippen LogP contribution in [0.25, 0.3) is 0 Å². The number of nitrogens with zero attached hydrogens (tertiary/aromatic N) is 4. The molecule has 0 saturated carbocycles. The zero-order chi connectivity index (χ0) is 23.4. The molecule has 33 heavy (non-hydrogen) atoms. The number of carbonyl (C=O) groups is 1. The molecule has 2 saturated heterocycles. The highest BCUT2D eigenvalue weighted by molar-refractivity contribution is 6.32. The molecule has 0 unspecified atom stereocenters. The van der Waals surface area contributed by atoms with Crippen LogP contribution >= 0.6 is 11.6 Å². The maximum Gasteiger partial charge on any atom is 0.227 e. The molecule has 2 fully saturated rings. The van der Waals surface area contributed by atoms with E-state index in [-0.39, 0.29) is 17.8 Å². The van der Waals surface area contributed by atoms with E-state index in [0.717, 1.165) is 68.7 Å². The van der Waals surface area contributed by atoms with Crippen molar-refractivity contribution in [1.29, 1.82) is 0 Å². The molecule has 1 aromatic carbocycles. The first-order chi connectivity index (χ1) is 15.9. The average molecular weight is 473 g/mol. The molecule has 7 nitrogen and oxygen atoms in total. The fourth-order valence-corrected chi connectivity index (χ4v) is 4.95. The summed E-state index contributed by atoms with van der Waals surface area (Å²) in [4.78, 5) is 25.1. The molecule has 0 bridgehead atoms. The van der Waals surface area contributed by atoms with Crippen LogP contribution in [-0.2, 0) is 9.53 Å². The van der Waals surface area contributed by atoms with Crippen molar-refractivity contribution in [2.45, 2.75) is 45.1 Å². The first-order valence-corrected chi connectivity index (χ1v) is 12.1. The second-order valence-electron chi connectivity index (χ2n) is 9.25.